The Hall–Kier alpha value is -4.91. The predicted molar refractivity (Wildman–Crippen MR) is 166 cm³/mol. The maximum absolute atomic E-state index is 14.6. The normalized spacial score (nSPS) is 17.2. The summed E-state index contributed by atoms with van der Waals surface area (Å²) in [5.74, 6) is -1.01. The number of anilines is 2. The molecule has 2 heterocycles. The first-order chi connectivity index (χ1) is 21.5. The number of carbonyl (C=O) groups excluding carboxylic acids is 1. The van der Waals surface area contributed by atoms with Crippen LogP contribution in [-0.2, 0) is 19.4 Å². The number of aromatic nitrogens is 1. The molecule has 11 nitrogen and oxygen atoms in total. The summed E-state index contributed by atoms with van der Waals surface area (Å²) in [6.45, 7) is 3.48. The van der Waals surface area contributed by atoms with Gasteiger partial charge in [0.05, 0.1) is 23.3 Å². The summed E-state index contributed by atoms with van der Waals surface area (Å²) in [4.78, 5) is 31.8. The molecule has 0 radical (unpaired) electrons. The number of nitrogen functional groups attached to an aromatic ring is 1. The van der Waals surface area contributed by atoms with Crippen molar-refractivity contribution in [1.29, 1.82) is 0 Å². The predicted octanol–water partition coefficient (Wildman–Crippen LogP) is 5.34. The molecule has 0 bridgehead atoms. The van der Waals surface area contributed by atoms with Gasteiger partial charge in [0.25, 0.3) is 0 Å². The maximum atomic E-state index is 14.6. The molecule has 1 fully saturated rings. The minimum absolute atomic E-state index is 0.0122. The van der Waals surface area contributed by atoms with Gasteiger partial charge in [-0.15, -0.1) is 0 Å². The largest absolute Gasteiger partial charge is 0.506 e. The molecule has 1 saturated heterocycles. The fraction of sp³-hybridized carbons (Fsp3) is 0.281. The molecule has 13 heteroatoms. The molecule has 236 valence electrons. The summed E-state index contributed by atoms with van der Waals surface area (Å²) in [7, 11) is -3.76. The smallest absolute Gasteiger partial charge is 0.491 e. The zero-order valence-corrected chi connectivity index (χ0v) is 25.5. The van der Waals surface area contributed by atoms with Gasteiger partial charge in [0, 0.05) is 30.2 Å². The first kappa shape index (κ1) is 31.5. The number of pyridine rings is 1. The lowest BCUT2D eigenvalue weighted by Crippen LogP contribution is -2.40. The molecule has 0 saturated carbocycles. The van der Waals surface area contributed by atoms with Crippen LogP contribution in [-0.4, -0.2) is 60.5 Å². The first-order valence-electron chi connectivity index (χ1n) is 14.4. The van der Waals surface area contributed by atoms with Crippen molar-refractivity contribution in [2.75, 3.05) is 30.0 Å². The number of nitrogens with zero attached hydrogens (tertiary/aromatic N) is 2. The molecule has 3 aromatic carbocycles. The minimum Gasteiger partial charge on any atom is -0.491 e. The number of amides is 1. The number of fused-ring (bicyclic) bond motifs is 1. The van der Waals surface area contributed by atoms with E-state index in [4.69, 9.17) is 15.2 Å². The van der Waals surface area contributed by atoms with Crippen LogP contribution >= 0.6 is 0 Å². The van der Waals surface area contributed by atoms with Crippen LogP contribution in [0.25, 0.3) is 10.8 Å². The van der Waals surface area contributed by atoms with E-state index in [2.05, 4.69) is 10.3 Å². The Morgan fingerprint density at radius 1 is 1.13 bits per heavy atom. The van der Waals surface area contributed by atoms with Crippen molar-refractivity contribution >= 4 is 44.2 Å². The number of carboxylic acid groups (broad SMARTS) is 1. The summed E-state index contributed by atoms with van der Waals surface area (Å²) >= 11 is 0. The van der Waals surface area contributed by atoms with Gasteiger partial charge < -0.3 is 30.5 Å². The Bertz CT molecular complexity index is 1850. The van der Waals surface area contributed by atoms with Crippen molar-refractivity contribution in [3.05, 3.63) is 89.9 Å². The van der Waals surface area contributed by atoms with Gasteiger partial charge in [-0.25, -0.2) is 22.6 Å². The van der Waals surface area contributed by atoms with Crippen LogP contribution in [0.15, 0.2) is 77.8 Å². The SMILES string of the molecule is CCOc1cc([C@@H](Nc2ccc3c(N)nccc3c2)C(=O)N2CC[C@H](OC(=O)O)[C@H]2c2ccccc2S(=O)(=O)CC)ccc1F. The highest BCUT2D eigenvalue weighted by molar-refractivity contribution is 7.91. The molecule has 5 rings (SSSR count). The minimum atomic E-state index is -3.76. The van der Waals surface area contributed by atoms with E-state index in [0.29, 0.717) is 22.5 Å². The molecule has 4 N–H and O–H groups in total. The number of benzene rings is 3. The number of hydrogen-bond donors (Lipinski definition) is 3. The second kappa shape index (κ2) is 13.0. The Balaban J connectivity index is 1.62. The molecule has 3 atom stereocenters. The number of nitrogens with one attached hydrogen (secondary N) is 1. The van der Waals surface area contributed by atoms with Gasteiger partial charge in [0.15, 0.2) is 21.4 Å². The van der Waals surface area contributed by atoms with Gasteiger partial charge in [0.1, 0.15) is 18.0 Å². The lowest BCUT2D eigenvalue weighted by atomic mass is 9.99. The molecule has 1 aliphatic heterocycles. The number of nitrogens with two attached hydrogens (primary N) is 1. The summed E-state index contributed by atoms with van der Waals surface area (Å²) in [6.07, 6.45) is -0.887. The number of ether oxygens (including phenoxy) is 2. The highest BCUT2D eigenvalue weighted by Crippen LogP contribution is 2.40. The van der Waals surface area contributed by atoms with Gasteiger partial charge in [-0.2, -0.15) is 0 Å². The van der Waals surface area contributed by atoms with E-state index in [1.165, 1.54) is 36.1 Å². The van der Waals surface area contributed by atoms with Gasteiger partial charge in [-0.05, 0) is 65.9 Å². The molecular weight excluding hydrogens is 603 g/mol. The van der Waals surface area contributed by atoms with Crippen molar-refractivity contribution in [1.82, 2.24) is 9.88 Å². The van der Waals surface area contributed by atoms with Crippen molar-refractivity contribution in [3.63, 3.8) is 0 Å². The monoisotopic (exact) mass is 636 g/mol. The number of sulfone groups is 1. The first-order valence-corrected chi connectivity index (χ1v) is 16.0. The second-order valence-electron chi connectivity index (χ2n) is 10.5. The molecule has 1 aliphatic rings. The molecular formula is C32H33FN4O7S. The fourth-order valence-corrected chi connectivity index (χ4v) is 6.82. The highest BCUT2D eigenvalue weighted by atomic mass is 32.2. The third kappa shape index (κ3) is 6.48. The third-order valence-electron chi connectivity index (χ3n) is 7.77. The lowest BCUT2D eigenvalue weighted by molar-refractivity contribution is -0.134. The molecule has 1 aromatic heterocycles. The number of likely N-dealkylation sites (tertiary alicyclic amines) is 1. The Kier molecular flexibility index (Phi) is 9.09. The Morgan fingerprint density at radius 2 is 1.91 bits per heavy atom. The number of halogens is 1. The van der Waals surface area contributed by atoms with Crippen LogP contribution in [0.2, 0.25) is 0 Å². The van der Waals surface area contributed by atoms with E-state index in [-0.39, 0.29) is 41.5 Å². The summed E-state index contributed by atoms with van der Waals surface area (Å²) in [5, 5.41) is 14.2. The fourth-order valence-electron chi connectivity index (χ4n) is 5.67. The molecule has 0 unspecified atom stereocenters. The Labute approximate surface area is 259 Å². The van der Waals surface area contributed by atoms with Crippen molar-refractivity contribution in [2.24, 2.45) is 0 Å². The van der Waals surface area contributed by atoms with Gasteiger partial charge >= 0.3 is 6.16 Å². The summed E-state index contributed by atoms with van der Waals surface area (Å²) in [6, 6.07) is 15.2. The van der Waals surface area contributed by atoms with Gasteiger partial charge in [-0.1, -0.05) is 31.2 Å². The van der Waals surface area contributed by atoms with Crippen molar-refractivity contribution in [2.45, 2.75) is 43.4 Å². The average Bonchev–Trinajstić information content (AvgIpc) is 3.43. The van der Waals surface area contributed by atoms with Crippen LogP contribution in [0.1, 0.15) is 43.5 Å². The van der Waals surface area contributed by atoms with Gasteiger partial charge in [-0.3, -0.25) is 4.79 Å². The van der Waals surface area contributed by atoms with E-state index in [1.807, 2.05) is 0 Å². The zero-order chi connectivity index (χ0) is 32.3. The third-order valence-corrected chi connectivity index (χ3v) is 9.57. The molecule has 45 heavy (non-hydrogen) atoms. The number of carbonyl (C=O) groups is 2. The van der Waals surface area contributed by atoms with Crippen molar-refractivity contribution < 1.29 is 37.0 Å². The maximum Gasteiger partial charge on any atom is 0.506 e. The van der Waals surface area contributed by atoms with E-state index in [0.717, 1.165) is 5.39 Å². The van der Waals surface area contributed by atoms with Crippen LogP contribution < -0.4 is 15.8 Å². The average molecular weight is 637 g/mol. The Morgan fingerprint density at radius 3 is 2.64 bits per heavy atom. The zero-order valence-electron chi connectivity index (χ0n) is 24.6. The number of hydrogen-bond acceptors (Lipinski definition) is 9. The van der Waals surface area contributed by atoms with Crippen LogP contribution in [0.4, 0.5) is 20.7 Å². The van der Waals surface area contributed by atoms with Gasteiger partial charge in [0.2, 0.25) is 5.91 Å². The number of rotatable bonds is 10. The van der Waals surface area contributed by atoms with E-state index in [1.54, 1.807) is 55.6 Å². The van der Waals surface area contributed by atoms with Crippen molar-refractivity contribution in [3.8, 4) is 5.75 Å². The van der Waals surface area contributed by atoms with Crippen LogP contribution in [0.5, 0.6) is 5.75 Å². The molecule has 1 amide bonds. The molecule has 4 aromatic rings. The molecule has 0 aliphatic carbocycles. The topological polar surface area (TPSA) is 161 Å². The van der Waals surface area contributed by atoms with Crippen LogP contribution in [0.3, 0.4) is 0 Å². The van der Waals surface area contributed by atoms with E-state index in [9.17, 15) is 27.5 Å². The van der Waals surface area contributed by atoms with E-state index >= 15 is 0 Å². The quantitative estimate of drug-likeness (QED) is 0.194. The summed E-state index contributed by atoms with van der Waals surface area (Å²) in [5.41, 5.74) is 7.18. The standard InChI is InChI=1S/C32H33FN4O7S/c1-3-43-26-18-20(9-12-24(26)33)28(36-21-10-11-22-19(17-21)13-15-35-30(22)34)31(38)37-16-14-25(44-32(39)40)29(37)23-7-5-6-8-27(23)45(41,42)4-2/h5-13,15,17-18,25,28-29,36H,3-4,14,16H2,1-2H3,(H2,34,35)(H,39,40)/t25-,28+,29+/m0/s1. The van der Waals surface area contributed by atoms with E-state index < -0.39 is 45.9 Å². The van der Waals surface area contributed by atoms with Crippen LogP contribution in [0, 0.1) is 5.82 Å². The highest BCUT2D eigenvalue weighted by Gasteiger charge is 2.44. The second-order valence-corrected chi connectivity index (χ2v) is 12.7. The summed E-state index contributed by atoms with van der Waals surface area (Å²) < 4.78 is 51.5. The molecule has 0 spiro atoms. The lowest BCUT2D eigenvalue weighted by Gasteiger charge is -2.32.